The van der Waals surface area contributed by atoms with Gasteiger partial charge in [-0.1, -0.05) is 12.1 Å². The number of carbonyl (C=O) groups is 2. The first-order valence-electron chi connectivity index (χ1n) is 8.19. The fourth-order valence-electron chi connectivity index (χ4n) is 2.58. The molecule has 0 aliphatic heterocycles. The third-order valence-corrected chi connectivity index (χ3v) is 3.83. The third kappa shape index (κ3) is 4.30. The Hall–Kier alpha value is -3.68. The molecule has 1 heterocycles. The van der Waals surface area contributed by atoms with Crippen LogP contribution in [-0.4, -0.2) is 28.9 Å². The van der Waals surface area contributed by atoms with Crippen LogP contribution in [0.15, 0.2) is 47.3 Å². The second kappa shape index (κ2) is 7.69. The van der Waals surface area contributed by atoms with E-state index in [-0.39, 0.29) is 23.7 Å². The Morgan fingerprint density at radius 3 is 2.74 bits per heavy atom. The fourth-order valence-corrected chi connectivity index (χ4v) is 2.58. The van der Waals surface area contributed by atoms with Crippen molar-refractivity contribution in [3.63, 3.8) is 0 Å². The lowest BCUT2D eigenvalue weighted by Crippen LogP contribution is -2.27. The van der Waals surface area contributed by atoms with Gasteiger partial charge in [0, 0.05) is 19.2 Å². The molecule has 1 aromatic heterocycles. The maximum Gasteiger partial charge on any atom is 0.287 e. The van der Waals surface area contributed by atoms with Gasteiger partial charge in [0.05, 0.1) is 18.0 Å². The van der Waals surface area contributed by atoms with Gasteiger partial charge < -0.3 is 20.4 Å². The molecular weight excluding hydrogens is 348 g/mol. The number of methoxy groups -OCH3 is 1. The Labute approximate surface area is 154 Å². The molecule has 0 aliphatic rings. The predicted molar refractivity (Wildman–Crippen MR) is 101 cm³/mol. The van der Waals surface area contributed by atoms with Crippen molar-refractivity contribution in [1.29, 1.82) is 0 Å². The number of nitrogens with zero attached hydrogens (tertiary/aromatic N) is 1. The zero-order chi connectivity index (χ0) is 19.4. The van der Waals surface area contributed by atoms with Gasteiger partial charge in [-0.05, 0) is 35.9 Å². The molecule has 0 spiro atoms. The number of ether oxygens (including phenoxy) is 1. The quantitative estimate of drug-likeness (QED) is 0.637. The van der Waals surface area contributed by atoms with Crippen LogP contribution in [-0.2, 0) is 11.3 Å². The van der Waals surface area contributed by atoms with E-state index < -0.39 is 11.5 Å². The van der Waals surface area contributed by atoms with Crippen LogP contribution in [0.4, 0.5) is 5.69 Å². The highest BCUT2D eigenvalue weighted by molar-refractivity contribution is 5.94. The number of H-pyrrole nitrogens is 1. The predicted octanol–water partition coefficient (Wildman–Crippen LogP) is 1.82. The number of benzene rings is 2. The van der Waals surface area contributed by atoms with E-state index in [4.69, 9.17) is 4.74 Å². The zero-order valence-corrected chi connectivity index (χ0v) is 14.8. The summed E-state index contributed by atoms with van der Waals surface area (Å²) >= 11 is 0. The van der Waals surface area contributed by atoms with Crippen molar-refractivity contribution in [2.24, 2.45) is 0 Å². The number of anilines is 1. The molecule has 0 bridgehead atoms. The second-order valence-corrected chi connectivity index (χ2v) is 5.86. The lowest BCUT2D eigenvalue weighted by Gasteiger charge is -2.08. The number of amides is 2. The maximum atomic E-state index is 12.3. The van der Waals surface area contributed by atoms with Crippen molar-refractivity contribution < 1.29 is 14.3 Å². The molecule has 27 heavy (non-hydrogen) atoms. The monoisotopic (exact) mass is 366 g/mol. The van der Waals surface area contributed by atoms with E-state index in [1.807, 2.05) is 18.2 Å². The van der Waals surface area contributed by atoms with Crippen molar-refractivity contribution in [1.82, 2.24) is 15.3 Å². The van der Waals surface area contributed by atoms with E-state index in [0.29, 0.717) is 17.0 Å². The Bertz CT molecular complexity index is 1070. The van der Waals surface area contributed by atoms with E-state index >= 15 is 0 Å². The van der Waals surface area contributed by atoms with Crippen LogP contribution in [0.1, 0.15) is 23.1 Å². The number of aromatic nitrogens is 2. The smallest absolute Gasteiger partial charge is 0.287 e. The molecule has 2 aromatic carbocycles. The Kier molecular flexibility index (Phi) is 5.16. The lowest BCUT2D eigenvalue weighted by molar-refractivity contribution is -0.114. The number of carbonyl (C=O) groups excluding carboxylic acids is 2. The van der Waals surface area contributed by atoms with Crippen LogP contribution in [0, 0.1) is 0 Å². The number of fused-ring (bicyclic) bond motifs is 1. The van der Waals surface area contributed by atoms with Crippen molar-refractivity contribution in [3.8, 4) is 5.75 Å². The molecular formula is C19H18N4O4. The van der Waals surface area contributed by atoms with E-state index in [2.05, 4.69) is 20.6 Å². The van der Waals surface area contributed by atoms with Crippen molar-refractivity contribution in [2.45, 2.75) is 13.5 Å². The molecule has 3 rings (SSSR count). The molecule has 0 unspecified atom stereocenters. The topological polar surface area (TPSA) is 113 Å². The highest BCUT2D eigenvalue weighted by Gasteiger charge is 2.12. The second-order valence-electron chi connectivity index (χ2n) is 5.86. The van der Waals surface area contributed by atoms with Crippen molar-refractivity contribution >= 4 is 28.4 Å². The number of nitrogens with one attached hydrogen (secondary N) is 3. The van der Waals surface area contributed by atoms with Crippen molar-refractivity contribution in [3.05, 3.63) is 64.2 Å². The van der Waals surface area contributed by atoms with Crippen molar-refractivity contribution in [2.75, 3.05) is 12.4 Å². The Morgan fingerprint density at radius 1 is 1.19 bits per heavy atom. The molecule has 0 aliphatic carbocycles. The van der Waals surface area contributed by atoms with Crippen LogP contribution >= 0.6 is 0 Å². The minimum Gasteiger partial charge on any atom is -0.497 e. The van der Waals surface area contributed by atoms with Gasteiger partial charge in [-0.2, -0.15) is 0 Å². The number of aromatic amines is 1. The van der Waals surface area contributed by atoms with Crippen LogP contribution < -0.4 is 20.9 Å². The molecule has 0 fully saturated rings. The van der Waals surface area contributed by atoms with Gasteiger partial charge >= 0.3 is 0 Å². The standard InChI is InChI=1S/C19H18N4O4/c1-11(24)21-13-6-7-16-15(9-13)18(25)23-17(22-16)19(26)20-10-12-4-3-5-14(8-12)27-2/h3-9H,10H2,1-2H3,(H,20,26)(H,21,24)(H,22,23,25). The number of hydrogen-bond donors (Lipinski definition) is 3. The number of hydrogen-bond acceptors (Lipinski definition) is 5. The average Bonchev–Trinajstić information content (AvgIpc) is 2.66. The SMILES string of the molecule is COc1cccc(CNC(=O)c2nc3ccc(NC(C)=O)cc3c(=O)[nH]2)c1. The third-order valence-electron chi connectivity index (χ3n) is 3.83. The molecule has 138 valence electrons. The van der Waals surface area contributed by atoms with E-state index in [9.17, 15) is 14.4 Å². The van der Waals surface area contributed by atoms with Gasteiger partial charge in [0.25, 0.3) is 11.5 Å². The van der Waals surface area contributed by atoms with E-state index in [1.54, 1.807) is 25.3 Å². The van der Waals surface area contributed by atoms with Gasteiger partial charge in [0.2, 0.25) is 5.91 Å². The minimum absolute atomic E-state index is 0.0809. The Balaban J connectivity index is 1.80. The summed E-state index contributed by atoms with van der Waals surface area (Å²) in [5.74, 6) is -0.133. The maximum absolute atomic E-state index is 12.3. The first-order valence-corrected chi connectivity index (χ1v) is 8.19. The van der Waals surface area contributed by atoms with Gasteiger partial charge in [0.15, 0.2) is 5.82 Å². The summed E-state index contributed by atoms with van der Waals surface area (Å²) in [6, 6.07) is 12.0. The Morgan fingerprint density at radius 2 is 2.00 bits per heavy atom. The summed E-state index contributed by atoms with van der Waals surface area (Å²) < 4.78 is 5.15. The lowest BCUT2D eigenvalue weighted by atomic mass is 10.2. The van der Waals surface area contributed by atoms with Gasteiger partial charge in [-0.15, -0.1) is 0 Å². The molecule has 3 N–H and O–H groups in total. The van der Waals surface area contributed by atoms with E-state index in [1.165, 1.54) is 13.0 Å². The molecule has 0 saturated heterocycles. The van der Waals surface area contributed by atoms with Crippen LogP contribution in [0.25, 0.3) is 10.9 Å². The molecule has 2 amide bonds. The number of rotatable bonds is 5. The van der Waals surface area contributed by atoms with Crippen LogP contribution in [0.3, 0.4) is 0 Å². The highest BCUT2D eigenvalue weighted by Crippen LogP contribution is 2.15. The molecule has 8 heteroatoms. The minimum atomic E-state index is -0.497. The van der Waals surface area contributed by atoms with Gasteiger partial charge in [0.1, 0.15) is 5.75 Å². The molecule has 0 saturated carbocycles. The molecule has 3 aromatic rings. The van der Waals surface area contributed by atoms with Crippen LogP contribution in [0.2, 0.25) is 0 Å². The highest BCUT2D eigenvalue weighted by atomic mass is 16.5. The first-order chi connectivity index (χ1) is 13.0. The summed E-state index contributed by atoms with van der Waals surface area (Å²) in [7, 11) is 1.57. The summed E-state index contributed by atoms with van der Waals surface area (Å²) in [5.41, 5.74) is 1.24. The fraction of sp³-hybridized carbons (Fsp3) is 0.158. The first kappa shape index (κ1) is 18.1. The molecule has 0 atom stereocenters. The summed E-state index contributed by atoms with van der Waals surface area (Å²) in [4.78, 5) is 42.4. The zero-order valence-electron chi connectivity index (χ0n) is 14.8. The van der Waals surface area contributed by atoms with E-state index in [0.717, 1.165) is 5.56 Å². The molecule has 8 nitrogen and oxygen atoms in total. The van der Waals surface area contributed by atoms with Gasteiger partial charge in [-0.3, -0.25) is 14.4 Å². The largest absolute Gasteiger partial charge is 0.497 e. The normalized spacial score (nSPS) is 10.4. The summed E-state index contributed by atoms with van der Waals surface area (Å²) in [6.07, 6.45) is 0. The molecule has 0 radical (unpaired) electrons. The average molecular weight is 366 g/mol. The van der Waals surface area contributed by atoms with Crippen LogP contribution in [0.5, 0.6) is 5.75 Å². The summed E-state index contributed by atoms with van der Waals surface area (Å²) in [5, 5.41) is 5.60. The van der Waals surface area contributed by atoms with Gasteiger partial charge in [-0.25, -0.2) is 4.98 Å². The summed E-state index contributed by atoms with van der Waals surface area (Å²) in [6.45, 7) is 1.64.